The molecule has 2 heterocycles. The second kappa shape index (κ2) is 10.1. The van der Waals surface area contributed by atoms with Gasteiger partial charge in [0, 0.05) is 4.88 Å². The van der Waals surface area contributed by atoms with Gasteiger partial charge in [0.1, 0.15) is 16.7 Å². The van der Waals surface area contributed by atoms with E-state index in [9.17, 15) is 14.4 Å². The molecule has 0 fully saturated rings. The van der Waals surface area contributed by atoms with Crippen LogP contribution in [0.25, 0.3) is 10.2 Å². The van der Waals surface area contributed by atoms with E-state index in [4.69, 9.17) is 4.74 Å². The second-order valence-corrected chi connectivity index (χ2v) is 9.21. The zero-order valence-corrected chi connectivity index (χ0v) is 18.5. The van der Waals surface area contributed by atoms with Gasteiger partial charge in [-0.2, -0.15) is 0 Å². The third kappa shape index (κ3) is 5.57. The Morgan fingerprint density at radius 3 is 2.71 bits per heavy atom. The molecule has 154 valence electrons. The van der Waals surface area contributed by atoms with E-state index in [-0.39, 0.29) is 11.5 Å². The highest BCUT2D eigenvalue weighted by Crippen LogP contribution is 2.26. The summed E-state index contributed by atoms with van der Waals surface area (Å²) in [7, 11) is 0. The number of aromatic amines is 1. The van der Waals surface area contributed by atoms with E-state index in [2.05, 4.69) is 15.3 Å². The largest absolute Gasteiger partial charge is 0.464 e. The summed E-state index contributed by atoms with van der Waals surface area (Å²) < 4.78 is 5.11. The lowest BCUT2D eigenvalue weighted by Crippen LogP contribution is -2.43. The van der Waals surface area contributed by atoms with Crippen molar-refractivity contribution in [2.24, 2.45) is 0 Å². The minimum Gasteiger partial charge on any atom is -0.464 e. The summed E-state index contributed by atoms with van der Waals surface area (Å²) in [6, 6.07) is -0.696. The zero-order chi connectivity index (χ0) is 20.8. The Morgan fingerprint density at radius 2 is 2.04 bits per heavy atom. The van der Waals surface area contributed by atoms with E-state index in [1.807, 2.05) is 20.8 Å². The van der Waals surface area contributed by atoms with Crippen molar-refractivity contribution in [2.45, 2.75) is 64.5 Å². The molecular weight excluding hydrogens is 398 g/mol. The molecule has 2 rings (SSSR count). The fourth-order valence-electron chi connectivity index (χ4n) is 2.48. The van der Waals surface area contributed by atoms with Gasteiger partial charge in [-0.3, -0.25) is 9.59 Å². The summed E-state index contributed by atoms with van der Waals surface area (Å²) >= 11 is 2.85. The Balaban J connectivity index is 1.91. The van der Waals surface area contributed by atoms with Crippen LogP contribution in [0.3, 0.4) is 0 Å². The number of nitrogens with one attached hydrogen (secondary N) is 2. The number of unbranched alkanes of at least 4 members (excludes halogenated alkanes) is 1. The molecule has 0 spiro atoms. The average molecular weight is 426 g/mol. The second-order valence-electron chi connectivity index (χ2n) is 6.68. The van der Waals surface area contributed by atoms with Crippen LogP contribution in [0.15, 0.2) is 4.79 Å². The molecule has 0 aliphatic rings. The summed E-state index contributed by atoms with van der Waals surface area (Å²) in [6.07, 6.45) is 1.74. The van der Waals surface area contributed by atoms with Crippen LogP contribution in [0.2, 0.25) is 0 Å². The first-order valence-electron chi connectivity index (χ1n) is 9.32. The van der Waals surface area contributed by atoms with Crippen LogP contribution in [0.5, 0.6) is 0 Å². The predicted octanol–water partition coefficient (Wildman–Crippen LogP) is 3.07. The topological polar surface area (TPSA) is 101 Å². The van der Waals surface area contributed by atoms with Crippen molar-refractivity contribution < 1.29 is 14.3 Å². The summed E-state index contributed by atoms with van der Waals surface area (Å²) in [5.41, 5.74) is 0.809. The molecule has 0 saturated carbocycles. The van der Waals surface area contributed by atoms with Gasteiger partial charge in [-0.05, 0) is 39.7 Å². The molecule has 1 amide bonds. The Hall–Kier alpha value is -1.87. The lowest BCUT2D eigenvalue weighted by atomic mass is 10.2. The van der Waals surface area contributed by atoms with Gasteiger partial charge in [-0.25, -0.2) is 9.78 Å². The highest BCUT2D eigenvalue weighted by Gasteiger charge is 2.21. The minimum absolute atomic E-state index is 0.150. The quantitative estimate of drug-likeness (QED) is 0.473. The number of nitrogens with zero attached hydrogens (tertiary/aromatic N) is 1. The first-order chi connectivity index (χ1) is 13.2. The van der Waals surface area contributed by atoms with Gasteiger partial charge in [0.05, 0.1) is 23.0 Å². The molecule has 7 nitrogen and oxygen atoms in total. The molecule has 28 heavy (non-hydrogen) atoms. The lowest BCUT2D eigenvalue weighted by molar-refractivity contribution is -0.147. The molecule has 0 aromatic carbocycles. The molecule has 0 aliphatic heterocycles. The van der Waals surface area contributed by atoms with E-state index in [0.29, 0.717) is 23.6 Å². The average Bonchev–Trinajstić information content (AvgIpc) is 2.93. The number of amides is 1. The molecule has 0 bridgehead atoms. The number of thioether (sulfide) groups is 1. The molecule has 2 aromatic rings. The van der Waals surface area contributed by atoms with E-state index >= 15 is 0 Å². The van der Waals surface area contributed by atoms with Gasteiger partial charge in [0.2, 0.25) is 5.91 Å². The zero-order valence-electron chi connectivity index (χ0n) is 16.9. The van der Waals surface area contributed by atoms with Crippen molar-refractivity contribution in [1.29, 1.82) is 0 Å². The molecule has 0 aliphatic carbocycles. The van der Waals surface area contributed by atoms with Gasteiger partial charge in [0.15, 0.2) is 0 Å². The maximum atomic E-state index is 12.3. The highest BCUT2D eigenvalue weighted by molar-refractivity contribution is 7.99. The van der Waals surface area contributed by atoms with Crippen molar-refractivity contribution in [1.82, 2.24) is 15.3 Å². The van der Waals surface area contributed by atoms with Gasteiger partial charge < -0.3 is 15.0 Å². The summed E-state index contributed by atoms with van der Waals surface area (Å²) in [5.74, 6) is 0.246. The Bertz CT molecular complexity index is 906. The van der Waals surface area contributed by atoms with Gasteiger partial charge in [-0.1, -0.05) is 13.3 Å². The maximum absolute atomic E-state index is 12.3. The molecule has 2 N–H and O–H groups in total. The van der Waals surface area contributed by atoms with Crippen LogP contribution in [0.4, 0.5) is 0 Å². The number of aryl methyl sites for hydroxylation is 2. The summed E-state index contributed by atoms with van der Waals surface area (Å²) in [5, 5.41) is 2.90. The lowest BCUT2D eigenvalue weighted by Gasteiger charge is -2.16. The Labute approximate surface area is 172 Å². The van der Waals surface area contributed by atoms with E-state index in [1.165, 1.54) is 23.1 Å². The number of aromatic nitrogens is 2. The fourth-order valence-corrected chi connectivity index (χ4v) is 4.29. The number of hydrogen-bond donors (Lipinski definition) is 2. The number of carbonyl (C=O) groups excluding carboxylic acids is 2. The maximum Gasteiger partial charge on any atom is 0.328 e. The third-order valence-corrected chi connectivity index (χ3v) is 6.64. The smallest absolute Gasteiger partial charge is 0.328 e. The van der Waals surface area contributed by atoms with Crippen LogP contribution < -0.4 is 10.9 Å². The van der Waals surface area contributed by atoms with E-state index in [1.54, 1.807) is 13.8 Å². The minimum atomic E-state index is -0.696. The normalized spacial score (nSPS) is 13.3. The Morgan fingerprint density at radius 1 is 1.32 bits per heavy atom. The van der Waals surface area contributed by atoms with Gasteiger partial charge >= 0.3 is 5.97 Å². The van der Waals surface area contributed by atoms with Crippen LogP contribution >= 0.6 is 23.1 Å². The predicted molar refractivity (Wildman–Crippen MR) is 114 cm³/mol. The number of hydrogen-bond acceptors (Lipinski definition) is 7. The molecule has 0 radical (unpaired) electrons. The number of H-pyrrole nitrogens is 1. The fraction of sp³-hybridized carbons (Fsp3) is 0.579. The summed E-state index contributed by atoms with van der Waals surface area (Å²) in [4.78, 5) is 45.6. The monoisotopic (exact) mass is 425 g/mol. The van der Waals surface area contributed by atoms with Crippen molar-refractivity contribution in [2.75, 3.05) is 6.61 Å². The molecule has 9 heteroatoms. The number of thiophene rings is 1. The van der Waals surface area contributed by atoms with Crippen LogP contribution in [0.1, 0.15) is 49.9 Å². The number of carbonyl (C=O) groups is 2. The number of fused-ring (bicyclic) bond motifs is 1. The van der Waals surface area contributed by atoms with E-state index in [0.717, 1.165) is 28.1 Å². The van der Waals surface area contributed by atoms with Crippen molar-refractivity contribution >= 4 is 45.2 Å². The van der Waals surface area contributed by atoms with Gasteiger partial charge in [-0.15, -0.1) is 23.1 Å². The van der Waals surface area contributed by atoms with Gasteiger partial charge in [0.25, 0.3) is 5.56 Å². The first kappa shape index (κ1) is 22.4. The van der Waals surface area contributed by atoms with Crippen LogP contribution in [-0.2, 0) is 20.1 Å². The summed E-state index contributed by atoms with van der Waals surface area (Å²) in [6.45, 7) is 9.63. The molecule has 2 atom stereocenters. The van der Waals surface area contributed by atoms with Crippen molar-refractivity contribution in [3.8, 4) is 0 Å². The van der Waals surface area contributed by atoms with Crippen molar-refractivity contribution in [3.63, 3.8) is 0 Å². The molecule has 2 unspecified atom stereocenters. The van der Waals surface area contributed by atoms with Crippen molar-refractivity contribution in [3.05, 3.63) is 26.6 Å². The Kier molecular flexibility index (Phi) is 8.06. The standard InChI is InChI=1S/C19H27N3O4S2/c1-6-7-8-26-19(25)11(3)20-16(23)13(5)27-9-14-21-17(24)15-10(2)12(4)28-18(15)22-14/h11,13H,6-9H2,1-5H3,(H,20,23)(H,21,22,24). The highest BCUT2D eigenvalue weighted by atomic mass is 32.2. The number of esters is 1. The molecular formula is C19H27N3O4S2. The molecule has 0 saturated heterocycles. The van der Waals surface area contributed by atoms with Crippen LogP contribution in [-0.4, -0.2) is 39.7 Å². The third-order valence-electron chi connectivity index (χ3n) is 4.38. The van der Waals surface area contributed by atoms with E-state index < -0.39 is 17.3 Å². The number of rotatable bonds is 9. The number of ether oxygens (including phenoxy) is 1. The SMILES string of the molecule is CCCCOC(=O)C(C)NC(=O)C(C)SCc1nc2sc(C)c(C)c2c(=O)[nH]1. The molecule has 2 aromatic heterocycles. The van der Waals surface area contributed by atoms with Crippen LogP contribution in [0, 0.1) is 13.8 Å². The first-order valence-corrected chi connectivity index (χ1v) is 11.2.